The lowest BCUT2D eigenvalue weighted by Crippen LogP contribution is -2.16. The van der Waals surface area contributed by atoms with E-state index in [4.69, 9.17) is 5.11 Å². The summed E-state index contributed by atoms with van der Waals surface area (Å²) in [4.78, 5) is 11.0. The van der Waals surface area contributed by atoms with Crippen LogP contribution in [0.2, 0.25) is 0 Å². The van der Waals surface area contributed by atoms with E-state index in [0.29, 0.717) is 10.9 Å². The van der Waals surface area contributed by atoms with Crippen LogP contribution < -0.4 is 0 Å². The molecule has 1 N–H and O–H groups in total. The first-order chi connectivity index (χ1) is 10.0. The van der Waals surface area contributed by atoms with Gasteiger partial charge in [-0.25, -0.2) is 9.07 Å². The SMILES string of the molecule is CCCC(CC(=O)O)n1nnnc1-c1ccc(Br)cc1F. The van der Waals surface area contributed by atoms with Gasteiger partial charge >= 0.3 is 5.97 Å². The molecule has 1 unspecified atom stereocenters. The van der Waals surface area contributed by atoms with Gasteiger partial charge in [0.2, 0.25) is 0 Å². The molecule has 1 heterocycles. The van der Waals surface area contributed by atoms with E-state index in [-0.39, 0.29) is 17.8 Å². The normalized spacial score (nSPS) is 12.3. The molecule has 0 aliphatic rings. The highest BCUT2D eigenvalue weighted by atomic mass is 79.9. The van der Waals surface area contributed by atoms with Gasteiger partial charge in [0, 0.05) is 4.47 Å². The van der Waals surface area contributed by atoms with Crippen molar-refractivity contribution in [3.8, 4) is 11.4 Å². The van der Waals surface area contributed by atoms with Crippen LogP contribution in [0.25, 0.3) is 11.4 Å². The van der Waals surface area contributed by atoms with Crippen LogP contribution in [0.15, 0.2) is 22.7 Å². The van der Waals surface area contributed by atoms with Crippen molar-refractivity contribution in [1.29, 1.82) is 0 Å². The molecule has 0 aliphatic heterocycles. The van der Waals surface area contributed by atoms with E-state index in [2.05, 4.69) is 31.5 Å². The Labute approximate surface area is 129 Å². The summed E-state index contributed by atoms with van der Waals surface area (Å²) in [5.41, 5.74) is 0.245. The molecule has 6 nitrogen and oxygen atoms in total. The lowest BCUT2D eigenvalue weighted by Gasteiger charge is -2.15. The number of tetrazole rings is 1. The van der Waals surface area contributed by atoms with Gasteiger partial charge in [0.1, 0.15) is 5.82 Å². The van der Waals surface area contributed by atoms with E-state index < -0.39 is 17.8 Å². The van der Waals surface area contributed by atoms with Crippen molar-refractivity contribution in [2.75, 3.05) is 0 Å². The average molecular weight is 357 g/mol. The molecular weight excluding hydrogens is 343 g/mol. The fraction of sp³-hybridized carbons (Fsp3) is 0.385. The Balaban J connectivity index is 2.42. The molecule has 8 heteroatoms. The van der Waals surface area contributed by atoms with Crippen LogP contribution in [0.5, 0.6) is 0 Å². The van der Waals surface area contributed by atoms with Gasteiger partial charge in [-0.15, -0.1) is 5.10 Å². The Morgan fingerprint density at radius 3 is 2.90 bits per heavy atom. The number of hydrogen-bond donors (Lipinski definition) is 1. The summed E-state index contributed by atoms with van der Waals surface area (Å²) in [5.74, 6) is -1.17. The Kier molecular flexibility index (Phi) is 5.00. The summed E-state index contributed by atoms with van der Waals surface area (Å²) in [5, 5.41) is 20.2. The molecule has 1 atom stereocenters. The van der Waals surface area contributed by atoms with Gasteiger partial charge in [-0.1, -0.05) is 29.3 Å². The third kappa shape index (κ3) is 3.63. The largest absolute Gasteiger partial charge is 0.481 e. The number of nitrogens with zero attached hydrogens (tertiary/aromatic N) is 4. The number of carbonyl (C=O) groups is 1. The zero-order valence-electron chi connectivity index (χ0n) is 11.3. The van der Waals surface area contributed by atoms with Crippen LogP contribution in [-0.4, -0.2) is 31.3 Å². The van der Waals surface area contributed by atoms with Gasteiger partial charge in [0.25, 0.3) is 0 Å². The second-order valence-corrected chi connectivity index (χ2v) is 5.53. The van der Waals surface area contributed by atoms with Crippen LogP contribution >= 0.6 is 15.9 Å². The summed E-state index contributed by atoms with van der Waals surface area (Å²) in [6.45, 7) is 1.94. The summed E-state index contributed by atoms with van der Waals surface area (Å²) in [6, 6.07) is 4.16. The number of halogens is 2. The zero-order chi connectivity index (χ0) is 15.4. The van der Waals surface area contributed by atoms with Gasteiger partial charge in [0.15, 0.2) is 5.82 Å². The van der Waals surface area contributed by atoms with Crippen LogP contribution in [0.1, 0.15) is 32.2 Å². The molecular formula is C13H14BrFN4O2. The van der Waals surface area contributed by atoms with E-state index in [1.54, 1.807) is 12.1 Å². The third-order valence-electron chi connectivity index (χ3n) is 3.04. The maximum atomic E-state index is 14.1. The topological polar surface area (TPSA) is 80.9 Å². The Hall–Kier alpha value is -1.83. The highest BCUT2D eigenvalue weighted by Gasteiger charge is 2.22. The smallest absolute Gasteiger partial charge is 0.305 e. The van der Waals surface area contributed by atoms with E-state index >= 15 is 0 Å². The van der Waals surface area contributed by atoms with Crippen molar-refractivity contribution < 1.29 is 14.3 Å². The minimum atomic E-state index is -0.939. The monoisotopic (exact) mass is 356 g/mol. The molecule has 1 aromatic carbocycles. The molecule has 0 saturated carbocycles. The number of benzene rings is 1. The van der Waals surface area contributed by atoms with Crippen molar-refractivity contribution in [3.63, 3.8) is 0 Å². The molecule has 0 radical (unpaired) electrons. The van der Waals surface area contributed by atoms with Crippen molar-refractivity contribution in [2.45, 2.75) is 32.2 Å². The first-order valence-electron chi connectivity index (χ1n) is 6.48. The lowest BCUT2D eigenvalue weighted by molar-refractivity contribution is -0.138. The maximum absolute atomic E-state index is 14.1. The molecule has 2 rings (SSSR count). The first kappa shape index (κ1) is 15.6. The lowest BCUT2D eigenvalue weighted by atomic mass is 10.1. The summed E-state index contributed by atoms with van der Waals surface area (Å²) in [6.07, 6.45) is 1.27. The number of aliphatic carboxylic acids is 1. The average Bonchev–Trinajstić information content (AvgIpc) is 2.86. The van der Waals surface area contributed by atoms with Crippen molar-refractivity contribution >= 4 is 21.9 Å². The molecule has 0 spiro atoms. The standard InChI is InChI=1S/C13H14BrFN4O2/c1-2-3-9(7-12(20)21)19-13(16-17-18-19)10-5-4-8(14)6-11(10)15/h4-6,9H,2-3,7H2,1H3,(H,20,21). The molecule has 0 aliphatic carbocycles. The van der Waals surface area contributed by atoms with Crippen LogP contribution in [0.4, 0.5) is 4.39 Å². The number of aromatic nitrogens is 4. The molecule has 1 aromatic heterocycles. The van der Waals surface area contributed by atoms with Crippen molar-refractivity contribution in [3.05, 3.63) is 28.5 Å². The van der Waals surface area contributed by atoms with Gasteiger partial charge < -0.3 is 5.11 Å². The van der Waals surface area contributed by atoms with E-state index in [0.717, 1.165) is 6.42 Å². The highest BCUT2D eigenvalue weighted by molar-refractivity contribution is 9.10. The number of rotatable bonds is 6. The van der Waals surface area contributed by atoms with E-state index in [1.807, 2.05) is 6.92 Å². The fourth-order valence-corrected chi connectivity index (χ4v) is 2.47. The van der Waals surface area contributed by atoms with Gasteiger partial charge in [0.05, 0.1) is 18.0 Å². The minimum Gasteiger partial charge on any atom is -0.481 e. The zero-order valence-corrected chi connectivity index (χ0v) is 12.9. The molecule has 112 valence electrons. The van der Waals surface area contributed by atoms with Gasteiger partial charge in [-0.2, -0.15) is 0 Å². The summed E-state index contributed by atoms with van der Waals surface area (Å²) < 4.78 is 16.1. The molecule has 0 fully saturated rings. The molecule has 0 bridgehead atoms. The summed E-state index contributed by atoms with van der Waals surface area (Å²) in [7, 11) is 0. The fourth-order valence-electron chi connectivity index (χ4n) is 2.13. The highest BCUT2D eigenvalue weighted by Crippen LogP contribution is 2.27. The second-order valence-electron chi connectivity index (χ2n) is 4.61. The molecule has 2 aromatic rings. The van der Waals surface area contributed by atoms with Crippen LogP contribution in [0.3, 0.4) is 0 Å². The molecule has 21 heavy (non-hydrogen) atoms. The van der Waals surface area contributed by atoms with Crippen LogP contribution in [-0.2, 0) is 4.79 Å². The Bertz CT molecular complexity index is 647. The maximum Gasteiger partial charge on any atom is 0.305 e. The van der Waals surface area contributed by atoms with E-state index in [1.165, 1.54) is 10.7 Å². The van der Waals surface area contributed by atoms with Gasteiger partial charge in [-0.3, -0.25) is 4.79 Å². The predicted octanol–water partition coefficient (Wildman–Crippen LogP) is 3.06. The first-order valence-corrected chi connectivity index (χ1v) is 7.27. The van der Waals surface area contributed by atoms with Gasteiger partial charge in [-0.05, 0) is 35.0 Å². The quantitative estimate of drug-likeness (QED) is 0.859. The Morgan fingerprint density at radius 2 is 2.29 bits per heavy atom. The Morgan fingerprint density at radius 1 is 1.52 bits per heavy atom. The predicted molar refractivity (Wildman–Crippen MR) is 77.1 cm³/mol. The number of carboxylic acids is 1. The molecule has 0 amide bonds. The van der Waals surface area contributed by atoms with E-state index in [9.17, 15) is 9.18 Å². The number of carboxylic acid groups (broad SMARTS) is 1. The van der Waals surface area contributed by atoms with Crippen molar-refractivity contribution in [1.82, 2.24) is 20.2 Å². The van der Waals surface area contributed by atoms with Crippen molar-refractivity contribution in [2.24, 2.45) is 0 Å². The third-order valence-corrected chi connectivity index (χ3v) is 3.54. The second kappa shape index (κ2) is 6.75. The summed E-state index contributed by atoms with van der Waals surface area (Å²) >= 11 is 3.19. The number of hydrogen-bond acceptors (Lipinski definition) is 4. The molecule has 0 saturated heterocycles. The van der Waals surface area contributed by atoms with Crippen LogP contribution in [0, 0.1) is 5.82 Å². The minimum absolute atomic E-state index is 0.107.